The van der Waals surface area contributed by atoms with Gasteiger partial charge in [-0.2, -0.15) is 0 Å². The number of amides is 6. The third-order valence-electron chi connectivity index (χ3n) is 8.87. The smallest absolute Gasteiger partial charge is 0.394 e. The van der Waals surface area contributed by atoms with Gasteiger partial charge in [-0.1, -0.05) is 0 Å². The molecule has 5 aliphatic heterocycles. The number of phosphoric ester groups is 1. The van der Waals surface area contributed by atoms with E-state index in [1.54, 1.807) is 0 Å². The molecule has 6 fully saturated rings. The summed E-state index contributed by atoms with van der Waals surface area (Å²) in [5.74, 6) is -1.42. The van der Waals surface area contributed by atoms with Crippen LogP contribution in [-0.4, -0.2) is 111 Å². The lowest BCUT2D eigenvalue weighted by atomic mass is 9.42. The van der Waals surface area contributed by atoms with Crippen molar-refractivity contribution in [2.24, 2.45) is 10.8 Å². The predicted molar refractivity (Wildman–Crippen MR) is 115 cm³/mol. The van der Waals surface area contributed by atoms with E-state index in [-0.39, 0.29) is 12.8 Å². The zero-order chi connectivity index (χ0) is 26.7. The fraction of sp³-hybridized carbons (Fsp3) is 0.800. The van der Waals surface area contributed by atoms with Gasteiger partial charge >= 0.3 is 19.9 Å². The van der Waals surface area contributed by atoms with Crippen molar-refractivity contribution in [2.75, 3.05) is 13.2 Å². The summed E-state index contributed by atoms with van der Waals surface area (Å²) in [6.07, 6.45) is -7.24. The van der Waals surface area contributed by atoms with Crippen molar-refractivity contribution < 1.29 is 57.4 Å². The Bertz CT molecular complexity index is 1140. The van der Waals surface area contributed by atoms with E-state index in [4.69, 9.17) is 18.5 Å². The molecule has 5 saturated heterocycles. The summed E-state index contributed by atoms with van der Waals surface area (Å²) in [6, 6.07) is -3.82. The normalized spacial score (nSPS) is 51.2. The van der Waals surface area contributed by atoms with Crippen LogP contribution >= 0.6 is 7.82 Å². The fourth-order valence-electron chi connectivity index (χ4n) is 6.76. The highest BCUT2D eigenvalue weighted by molar-refractivity contribution is 7.47. The van der Waals surface area contributed by atoms with Gasteiger partial charge in [-0.05, 0) is 13.8 Å². The van der Waals surface area contributed by atoms with Crippen molar-refractivity contribution in [3.8, 4) is 0 Å². The number of aliphatic hydroxyl groups is 2. The monoisotopic (exact) mass is 546 g/mol. The molecule has 16 nitrogen and oxygen atoms in total. The maximum Gasteiger partial charge on any atom is 0.472 e. The number of urea groups is 2. The lowest BCUT2D eigenvalue weighted by Gasteiger charge is -2.72. The molecule has 0 aromatic carbocycles. The molecule has 6 amide bonds. The molecule has 5 N–H and O–H groups in total. The molecule has 6 rings (SSSR count). The van der Waals surface area contributed by atoms with E-state index in [1.807, 2.05) is 0 Å². The number of carbonyl (C=O) groups is 4. The van der Waals surface area contributed by atoms with Crippen LogP contribution in [0.1, 0.15) is 26.7 Å². The number of nitrogens with zero attached hydrogens (tertiary/aromatic N) is 2. The minimum Gasteiger partial charge on any atom is -0.394 e. The summed E-state index contributed by atoms with van der Waals surface area (Å²) < 4.78 is 34.6. The van der Waals surface area contributed by atoms with E-state index in [0.717, 1.165) is 0 Å². The number of hydrogen-bond acceptors (Lipinski definition) is 11. The maximum absolute atomic E-state index is 13.2. The molecule has 11 atom stereocenters. The number of fused-ring (bicyclic) bond motifs is 7. The van der Waals surface area contributed by atoms with Crippen LogP contribution in [0.4, 0.5) is 9.59 Å². The molecular weight excluding hydrogens is 519 g/mol. The number of imide groups is 2. The zero-order valence-electron chi connectivity index (χ0n) is 19.8. The Hall–Kier alpha value is -2.17. The quantitative estimate of drug-likeness (QED) is 0.225. The van der Waals surface area contributed by atoms with E-state index in [9.17, 15) is 38.8 Å². The van der Waals surface area contributed by atoms with Crippen molar-refractivity contribution in [1.82, 2.24) is 20.4 Å². The van der Waals surface area contributed by atoms with E-state index in [1.165, 1.54) is 23.6 Å². The standard InChI is InChI=1S/C20H27N4O12P/c1-19-13-14-20(19,2)16(28)22-18(30)24(14)12-4-8(9(5-25)34-12)36-37(31,32)33-6-10-7(26)3-11(35-10)23(13)17(29)21-15(19)27/h7-14,25-26H,3-6H2,1-2H3,(H,31,32)(H,21,27,29)(H,22,28,30)/t7-,8-,9+,10+,11+,12+,13+,14-,19-,20+/m0/s1. The van der Waals surface area contributed by atoms with Crippen LogP contribution in [0.3, 0.4) is 0 Å². The van der Waals surface area contributed by atoms with Gasteiger partial charge in [0.05, 0.1) is 42.2 Å². The molecule has 1 unspecified atom stereocenters. The summed E-state index contributed by atoms with van der Waals surface area (Å²) in [4.78, 5) is 65.5. The summed E-state index contributed by atoms with van der Waals surface area (Å²) in [5, 5.41) is 24.9. The van der Waals surface area contributed by atoms with Crippen LogP contribution in [0, 0.1) is 10.8 Å². The molecule has 4 bridgehead atoms. The summed E-state index contributed by atoms with van der Waals surface area (Å²) >= 11 is 0. The van der Waals surface area contributed by atoms with E-state index >= 15 is 0 Å². The van der Waals surface area contributed by atoms with Crippen molar-refractivity contribution in [2.45, 2.75) is 75.6 Å². The van der Waals surface area contributed by atoms with Crippen molar-refractivity contribution >= 4 is 31.7 Å². The molecule has 1 saturated carbocycles. The topological polar surface area (TPSA) is 213 Å². The van der Waals surface area contributed by atoms with Gasteiger partial charge in [-0.3, -0.25) is 39.1 Å². The Morgan fingerprint density at radius 2 is 1.49 bits per heavy atom. The number of ether oxygens (including phenoxy) is 2. The first-order valence-corrected chi connectivity index (χ1v) is 13.4. The molecule has 0 aromatic rings. The summed E-state index contributed by atoms with van der Waals surface area (Å²) in [6.45, 7) is 1.84. The third kappa shape index (κ3) is 3.18. The van der Waals surface area contributed by atoms with Crippen molar-refractivity contribution in [3.63, 3.8) is 0 Å². The Kier molecular flexibility index (Phi) is 5.38. The Labute approximate surface area is 209 Å². The highest BCUT2D eigenvalue weighted by atomic mass is 31.2. The lowest BCUT2D eigenvalue weighted by molar-refractivity contribution is -0.242. The number of hydrogen-bond donors (Lipinski definition) is 5. The molecule has 0 spiro atoms. The second-order valence-corrected chi connectivity index (χ2v) is 11.9. The van der Waals surface area contributed by atoms with Crippen LogP contribution in [0.15, 0.2) is 0 Å². The van der Waals surface area contributed by atoms with Crippen LogP contribution in [0.25, 0.3) is 0 Å². The first kappa shape index (κ1) is 25.1. The number of aliphatic hydroxyl groups excluding tert-OH is 2. The second-order valence-electron chi connectivity index (χ2n) is 10.5. The molecular formula is C20H27N4O12P. The Morgan fingerprint density at radius 3 is 2.03 bits per heavy atom. The molecule has 0 aromatic heterocycles. The maximum atomic E-state index is 13.2. The molecule has 6 aliphatic rings. The number of nitrogens with one attached hydrogen (secondary N) is 2. The van der Waals surface area contributed by atoms with Gasteiger partial charge < -0.3 is 24.6 Å². The Morgan fingerprint density at radius 1 is 0.946 bits per heavy atom. The van der Waals surface area contributed by atoms with Gasteiger partial charge in [-0.15, -0.1) is 0 Å². The Balaban J connectivity index is 1.49. The van der Waals surface area contributed by atoms with Gasteiger partial charge in [0.25, 0.3) is 0 Å². The summed E-state index contributed by atoms with van der Waals surface area (Å²) in [5.41, 5.74) is -3.02. The first-order valence-electron chi connectivity index (χ1n) is 11.9. The molecule has 37 heavy (non-hydrogen) atoms. The molecule has 204 valence electrons. The van der Waals surface area contributed by atoms with Crippen LogP contribution in [0.2, 0.25) is 0 Å². The van der Waals surface area contributed by atoms with Gasteiger partial charge in [0.2, 0.25) is 11.8 Å². The highest BCUT2D eigenvalue weighted by Crippen LogP contribution is 2.64. The van der Waals surface area contributed by atoms with Gasteiger partial charge in [0.1, 0.15) is 30.8 Å². The van der Waals surface area contributed by atoms with Crippen LogP contribution in [0.5, 0.6) is 0 Å². The number of rotatable bonds is 1. The third-order valence-corrected chi connectivity index (χ3v) is 9.88. The molecule has 1 aliphatic carbocycles. The van der Waals surface area contributed by atoms with E-state index in [0.29, 0.717) is 0 Å². The SMILES string of the molecule is C[C@]12C(=O)NC(=O)N3[C@H]1[C@H]1N(C(=O)NC(=O)[C@]12C)[C@H]1C[C@H](O)[C@@H](COP(=O)(O)O[C@H]2C[C@H]3O[C@@H]2CO)O1. The van der Waals surface area contributed by atoms with Crippen LogP contribution in [-0.2, 0) is 32.7 Å². The summed E-state index contributed by atoms with van der Waals surface area (Å²) in [7, 11) is -4.74. The molecule has 5 heterocycles. The fourth-order valence-corrected chi connectivity index (χ4v) is 7.72. The minimum atomic E-state index is -4.74. The number of carbonyl (C=O) groups excluding carboxylic acids is 4. The van der Waals surface area contributed by atoms with Gasteiger partial charge in [-0.25, -0.2) is 14.2 Å². The van der Waals surface area contributed by atoms with Gasteiger partial charge in [0.15, 0.2) is 0 Å². The largest absolute Gasteiger partial charge is 0.472 e. The average molecular weight is 546 g/mol. The molecule has 0 radical (unpaired) electrons. The molecule has 17 heteroatoms. The zero-order valence-corrected chi connectivity index (χ0v) is 20.7. The first-order chi connectivity index (χ1) is 17.3. The average Bonchev–Trinajstić information content (AvgIpc) is 3.38. The van der Waals surface area contributed by atoms with Crippen molar-refractivity contribution in [1.29, 1.82) is 0 Å². The van der Waals surface area contributed by atoms with Gasteiger partial charge in [0, 0.05) is 12.8 Å². The number of phosphoric acid groups is 1. The van der Waals surface area contributed by atoms with E-state index in [2.05, 4.69) is 10.6 Å². The van der Waals surface area contributed by atoms with Crippen molar-refractivity contribution in [3.05, 3.63) is 0 Å². The second kappa shape index (κ2) is 7.93. The van der Waals surface area contributed by atoms with Crippen LogP contribution < -0.4 is 10.6 Å². The lowest BCUT2D eigenvalue weighted by Crippen LogP contribution is -2.92. The highest BCUT2D eigenvalue weighted by Gasteiger charge is 2.82. The van der Waals surface area contributed by atoms with E-state index < -0.39 is 105 Å². The minimum absolute atomic E-state index is 0.127. The predicted octanol–water partition coefficient (Wildman–Crippen LogP) is -2.05.